The van der Waals surface area contributed by atoms with Gasteiger partial charge in [0.05, 0.1) is 19.3 Å². The van der Waals surface area contributed by atoms with Gasteiger partial charge in [-0.2, -0.15) is 105 Å². The Morgan fingerprint density at radius 1 is 0.252 bits per heavy atom. The van der Waals surface area contributed by atoms with Crippen molar-refractivity contribution < 1.29 is 164 Å². The van der Waals surface area contributed by atoms with Crippen LogP contribution in [0, 0.1) is 60.7 Å². The van der Waals surface area contributed by atoms with Crippen molar-refractivity contribution in [2.75, 3.05) is 0 Å². The molecule has 0 aliphatic carbocycles. The minimum Gasteiger partial charge on any atom is -0.358 e. The van der Waals surface area contributed by atoms with Gasteiger partial charge < -0.3 is 60.7 Å². The summed E-state index contributed by atoms with van der Waals surface area (Å²) in [6.07, 6.45) is -36.6. The molecule has 690 valence electrons. The molecule has 6 aromatic rings. The van der Waals surface area contributed by atoms with Gasteiger partial charge >= 0.3 is 89.7 Å². The summed E-state index contributed by atoms with van der Waals surface area (Å²) in [5.41, 5.74) is 0.895. The molecule has 0 N–H and O–H groups in total. The largest absolute Gasteiger partial charge is 0.453 e. The molecule has 36 nitrogen and oxygen atoms in total. The van der Waals surface area contributed by atoms with Gasteiger partial charge in [-0.15, -0.1) is 0 Å². The van der Waals surface area contributed by atoms with Crippen molar-refractivity contribution in [3.05, 3.63) is 133 Å². The lowest BCUT2D eigenvalue weighted by molar-refractivity contribution is -0.392. The molecule has 0 spiro atoms. The lowest BCUT2D eigenvalue weighted by atomic mass is 10.1. The van der Waals surface area contributed by atoms with E-state index in [2.05, 4.69) is 29.9 Å². The van der Waals surface area contributed by atoms with Crippen LogP contribution in [0.5, 0.6) is 0 Å². The lowest BCUT2D eigenvalue weighted by Crippen LogP contribution is -2.36. The second-order valence-electron chi connectivity index (χ2n) is 25.2. The van der Waals surface area contributed by atoms with Crippen LogP contribution in [0.1, 0.15) is 153 Å². The van der Waals surface area contributed by atoms with Crippen LogP contribution >= 0.6 is 0 Å². The predicted octanol–water partition coefficient (Wildman–Crippen LogP) is 15.5. The molecular formula is C63H72F24N18O18. The molecule has 0 aliphatic rings. The average Bonchev–Trinajstić information content (AvgIpc) is 1.47. The quantitative estimate of drug-likeness (QED) is 0.0196. The summed E-state index contributed by atoms with van der Waals surface area (Å²) in [7, 11) is 0. The molecule has 123 heavy (non-hydrogen) atoms. The number of imidazole rings is 6. The second kappa shape index (κ2) is 46.3. The van der Waals surface area contributed by atoms with Crippen molar-refractivity contribution in [2.24, 2.45) is 0 Å². The van der Waals surface area contributed by atoms with E-state index in [0.717, 1.165) is 65.4 Å². The Kier molecular flexibility index (Phi) is 41.0. The molecular weight excluding hydrogens is 1750 g/mol. The molecule has 0 atom stereocenters. The fraction of sp³-hybridized carbons (Fsp3) is 0.619. The Labute approximate surface area is 673 Å². The summed E-state index contributed by atoms with van der Waals surface area (Å²) >= 11 is 0. The van der Waals surface area contributed by atoms with E-state index in [-0.39, 0.29) is 70.9 Å². The monoisotopic (exact) mass is 1820 g/mol. The molecule has 6 aromatic heterocycles. The summed E-state index contributed by atoms with van der Waals surface area (Å²) in [5, 5.41) is 65.0. The first kappa shape index (κ1) is 109. The van der Waals surface area contributed by atoms with E-state index in [1.54, 1.807) is 41.5 Å². The first-order chi connectivity index (χ1) is 56.2. The number of alkyl halides is 24. The molecule has 0 saturated carbocycles. The van der Waals surface area contributed by atoms with E-state index < -0.39 is 253 Å². The average molecular weight is 1830 g/mol. The topological polar surface area (TPSA) is 468 Å². The van der Waals surface area contributed by atoms with Crippen LogP contribution in [-0.4, -0.2) is 176 Å². The van der Waals surface area contributed by atoms with Crippen molar-refractivity contribution in [1.82, 2.24) is 57.3 Å². The molecule has 0 radical (unpaired) electrons. The van der Waals surface area contributed by atoms with Gasteiger partial charge in [0, 0.05) is 57.8 Å². The van der Waals surface area contributed by atoms with Crippen molar-refractivity contribution in [3.8, 4) is 0 Å². The maximum absolute atomic E-state index is 12.7. The zero-order valence-electron chi connectivity index (χ0n) is 64.4. The number of nitro groups is 6. The van der Waals surface area contributed by atoms with E-state index in [9.17, 15) is 195 Å². The van der Waals surface area contributed by atoms with Crippen molar-refractivity contribution in [3.63, 3.8) is 0 Å². The molecule has 0 aliphatic heterocycles. The first-order valence-corrected chi connectivity index (χ1v) is 34.9. The third-order valence-corrected chi connectivity index (χ3v) is 15.9. The fourth-order valence-corrected chi connectivity index (χ4v) is 9.73. The van der Waals surface area contributed by atoms with Gasteiger partial charge in [0.1, 0.15) is 34.2 Å². The fourth-order valence-electron chi connectivity index (χ4n) is 9.73. The molecule has 0 fully saturated rings. The number of aryl methyl sites for hydroxylation is 6. The Morgan fingerprint density at radius 3 is 0.472 bits per heavy atom. The smallest absolute Gasteiger partial charge is 0.358 e. The van der Waals surface area contributed by atoms with E-state index in [0.29, 0.717) is 19.3 Å². The number of nitrogens with zero attached hydrogens (tertiary/aromatic N) is 18. The zero-order chi connectivity index (χ0) is 95.3. The molecule has 0 bridgehead atoms. The number of hydrogen-bond acceptors (Lipinski definition) is 24. The van der Waals surface area contributed by atoms with Crippen molar-refractivity contribution in [2.45, 2.75) is 251 Å². The number of ketones is 6. The standard InChI is InChI=1S/3C11H12F5N3O3.3C10H12F3N3O3/c3*1-2-8-9(19(21)22)18(6-17-8)5-7(20)3-4-10(12,13)11(14,15)16;3*1-2-8-9(16(18)19)15(6-14-8)5-7(17)3-4-10(11,12)13/h3*6H,2-5H2,1H3;3*6H,2-5H2,1H3. The third kappa shape index (κ3) is 35.9. The number of Topliss-reactive ketones (excluding diaryl/α,β-unsaturated/α-hetero) is 6. The van der Waals surface area contributed by atoms with Gasteiger partial charge in [0.15, 0.2) is 112 Å². The summed E-state index contributed by atoms with van der Waals surface area (Å²) < 4.78 is 297. The van der Waals surface area contributed by atoms with Crippen LogP contribution in [0.25, 0.3) is 0 Å². The maximum Gasteiger partial charge on any atom is 0.453 e. The van der Waals surface area contributed by atoms with Crippen molar-refractivity contribution >= 4 is 69.6 Å². The molecule has 0 amide bonds. The Morgan fingerprint density at radius 2 is 0.374 bits per heavy atom. The Bertz CT molecular complexity index is 4160. The van der Waals surface area contributed by atoms with Gasteiger partial charge in [-0.25, -0.2) is 57.3 Å². The van der Waals surface area contributed by atoms with E-state index >= 15 is 0 Å². The van der Waals surface area contributed by atoms with Crippen LogP contribution < -0.4 is 0 Å². The van der Waals surface area contributed by atoms with Gasteiger partial charge in [-0.05, 0) is 68.1 Å². The normalized spacial score (nSPS) is 12.0. The van der Waals surface area contributed by atoms with Crippen LogP contribution in [0.2, 0.25) is 0 Å². The minimum absolute atomic E-state index is 0.0958. The van der Waals surface area contributed by atoms with Gasteiger partial charge in [0.25, 0.3) is 0 Å². The molecule has 0 unspecified atom stereocenters. The molecule has 0 aromatic carbocycles. The highest BCUT2D eigenvalue weighted by Crippen LogP contribution is 2.42. The highest BCUT2D eigenvalue weighted by atomic mass is 19.4. The zero-order valence-corrected chi connectivity index (χ0v) is 64.4. The molecule has 0 saturated heterocycles. The highest BCUT2D eigenvalue weighted by molar-refractivity contribution is 5.81. The van der Waals surface area contributed by atoms with E-state index in [1.165, 1.54) is 0 Å². The summed E-state index contributed by atoms with van der Waals surface area (Å²) in [4.78, 5) is 152. The van der Waals surface area contributed by atoms with Crippen molar-refractivity contribution in [1.29, 1.82) is 0 Å². The predicted molar refractivity (Wildman–Crippen MR) is 366 cm³/mol. The molecule has 60 heteroatoms. The number of aromatic nitrogens is 12. The number of carbonyl (C=O) groups is 6. The Hall–Kier alpha value is -12.0. The first-order valence-electron chi connectivity index (χ1n) is 34.9. The number of carbonyl (C=O) groups excluding carboxylic acids is 6. The maximum atomic E-state index is 12.7. The number of hydrogen-bond donors (Lipinski definition) is 0. The SMILES string of the molecule is CCc1ncn(CC(=O)CCC(F)(F)C(F)(F)F)c1[N+](=O)[O-].CCc1ncn(CC(=O)CCC(F)(F)C(F)(F)F)c1[N+](=O)[O-].CCc1ncn(CC(=O)CCC(F)(F)C(F)(F)F)c1[N+](=O)[O-].CCc1ncn(CC(=O)CCC(F)(F)F)c1[N+](=O)[O-].CCc1ncn(CC(=O)CCC(F)(F)F)c1[N+](=O)[O-].CCc1ncn(CC(=O)CCC(F)(F)F)c1[N+](=O)[O-]. The lowest BCUT2D eigenvalue weighted by Gasteiger charge is -2.18. The van der Waals surface area contributed by atoms with Crippen LogP contribution in [0.15, 0.2) is 38.0 Å². The van der Waals surface area contributed by atoms with Crippen LogP contribution in [0.3, 0.4) is 0 Å². The van der Waals surface area contributed by atoms with Gasteiger partial charge in [-0.3, -0.25) is 28.8 Å². The minimum atomic E-state index is -5.73. The number of rotatable bonds is 39. The Balaban J connectivity index is 0.000000739. The molecule has 6 heterocycles. The van der Waals surface area contributed by atoms with Crippen LogP contribution in [-0.2, 0) is 107 Å². The third-order valence-electron chi connectivity index (χ3n) is 15.9. The summed E-state index contributed by atoms with van der Waals surface area (Å²) in [6.45, 7) is 6.27. The van der Waals surface area contributed by atoms with Gasteiger partial charge in [0.2, 0.25) is 0 Å². The van der Waals surface area contributed by atoms with E-state index in [4.69, 9.17) is 0 Å². The van der Waals surface area contributed by atoms with Gasteiger partial charge in [-0.1, -0.05) is 41.5 Å². The number of halogens is 24. The van der Waals surface area contributed by atoms with Crippen LogP contribution in [0.4, 0.5) is 140 Å². The highest BCUT2D eigenvalue weighted by Gasteiger charge is 2.59. The summed E-state index contributed by atoms with van der Waals surface area (Å²) in [6, 6.07) is 0. The molecule has 6 rings (SSSR count). The summed E-state index contributed by atoms with van der Waals surface area (Å²) in [5.74, 6) is -22.5. The second-order valence-corrected chi connectivity index (χ2v) is 25.2. The van der Waals surface area contributed by atoms with E-state index in [1.807, 2.05) is 0 Å².